The van der Waals surface area contributed by atoms with Crippen LogP contribution in [0.3, 0.4) is 0 Å². The minimum absolute atomic E-state index is 0.290. The van der Waals surface area contributed by atoms with Crippen LogP contribution in [0.1, 0.15) is 12.5 Å². The van der Waals surface area contributed by atoms with E-state index in [0.29, 0.717) is 22.8 Å². The van der Waals surface area contributed by atoms with Crippen molar-refractivity contribution in [1.82, 2.24) is 4.57 Å². The van der Waals surface area contributed by atoms with Crippen molar-refractivity contribution >= 4 is 33.5 Å². The Labute approximate surface area is 155 Å². The molecule has 1 amide bonds. The van der Waals surface area contributed by atoms with Crippen LogP contribution in [0.5, 0.6) is 11.5 Å². The highest BCUT2D eigenvalue weighted by Crippen LogP contribution is 2.33. The van der Waals surface area contributed by atoms with Crippen molar-refractivity contribution in [2.24, 2.45) is 4.99 Å². The van der Waals surface area contributed by atoms with Crippen molar-refractivity contribution in [2.45, 2.75) is 13.5 Å². The van der Waals surface area contributed by atoms with E-state index in [4.69, 9.17) is 9.47 Å². The number of thiazole rings is 1. The predicted octanol–water partition coefficient (Wildman–Crippen LogP) is 3.88. The van der Waals surface area contributed by atoms with E-state index in [-0.39, 0.29) is 5.91 Å². The van der Waals surface area contributed by atoms with Crippen LogP contribution in [0.2, 0.25) is 0 Å². The Hall–Kier alpha value is -2.86. The van der Waals surface area contributed by atoms with Crippen LogP contribution in [0.15, 0.2) is 53.5 Å². The van der Waals surface area contributed by atoms with E-state index in [1.54, 1.807) is 20.3 Å². The van der Waals surface area contributed by atoms with Gasteiger partial charge in [0.1, 0.15) is 0 Å². The van der Waals surface area contributed by atoms with E-state index < -0.39 is 0 Å². The third-order valence-electron chi connectivity index (χ3n) is 3.93. The molecule has 0 unspecified atom stereocenters. The number of carbonyl (C=O) groups is 1. The van der Waals surface area contributed by atoms with Gasteiger partial charge in [-0.3, -0.25) is 4.79 Å². The molecule has 0 aliphatic carbocycles. The molecule has 0 spiro atoms. The summed E-state index contributed by atoms with van der Waals surface area (Å²) in [5, 5.41) is 0. The fraction of sp³-hybridized carbons (Fsp3) is 0.200. The lowest BCUT2D eigenvalue weighted by Crippen LogP contribution is -2.15. The van der Waals surface area contributed by atoms with Crippen molar-refractivity contribution in [2.75, 3.05) is 14.2 Å². The Bertz CT molecular complexity index is 1020. The summed E-state index contributed by atoms with van der Waals surface area (Å²) in [4.78, 5) is 17.2. The summed E-state index contributed by atoms with van der Waals surface area (Å²) in [6.45, 7) is 2.72. The SMILES string of the molecule is CCn1c(=NC(=O)C=Cc2ccccc2)sc2cc(OC)c(OC)cc21. The summed E-state index contributed by atoms with van der Waals surface area (Å²) >= 11 is 1.45. The first-order valence-electron chi connectivity index (χ1n) is 8.23. The summed E-state index contributed by atoms with van der Waals surface area (Å²) in [5.41, 5.74) is 1.93. The molecule has 0 N–H and O–H groups in total. The van der Waals surface area contributed by atoms with E-state index in [0.717, 1.165) is 15.8 Å². The quantitative estimate of drug-likeness (QED) is 0.642. The fourth-order valence-corrected chi connectivity index (χ4v) is 3.76. The number of ether oxygens (including phenoxy) is 2. The van der Waals surface area contributed by atoms with Crippen LogP contribution in [0, 0.1) is 0 Å². The molecule has 6 heteroatoms. The largest absolute Gasteiger partial charge is 0.493 e. The van der Waals surface area contributed by atoms with Crippen LogP contribution in [0.25, 0.3) is 16.3 Å². The van der Waals surface area contributed by atoms with E-state index >= 15 is 0 Å². The van der Waals surface area contributed by atoms with Gasteiger partial charge in [0.2, 0.25) is 0 Å². The van der Waals surface area contributed by atoms with E-state index in [9.17, 15) is 4.79 Å². The molecule has 0 saturated carbocycles. The predicted molar refractivity (Wildman–Crippen MR) is 105 cm³/mol. The lowest BCUT2D eigenvalue weighted by atomic mass is 10.2. The summed E-state index contributed by atoms with van der Waals surface area (Å²) < 4.78 is 13.7. The third-order valence-corrected chi connectivity index (χ3v) is 4.97. The minimum atomic E-state index is -0.290. The number of amides is 1. The highest BCUT2D eigenvalue weighted by Gasteiger charge is 2.12. The van der Waals surface area contributed by atoms with Crippen LogP contribution < -0.4 is 14.3 Å². The summed E-state index contributed by atoms with van der Waals surface area (Å²) in [6, 6.07) is 13.5. The van der Waals surface area contributed by atoms with Gasteiger partial charge in [-0.1, -0.05) is 41.7 Å². The first-order valence-corrected chi connectivity index (χ1v) is 9.05. The monoisotopic (exact) mass is 368 g/mol. The Balaban J connectivity index is 2.02. The topological polar surface area (TPSA) is 52.8 Å². The van der Waals surface area contributed by atoms with E-state index in [1.165, 1.54) is 17.4 Å². The molecule has 0 atom stereocenters. The molecular formula is C20H20N2O3S. The molecule has 2 aromatic carbocycles. The third kappa shape index (κ3) is 3.70. The smallest absolute Gasteiger partial charge is 0.272 e. The number of aryl methyl sites for hydroxylation is 1. The highest BCUT2D eigenvalue weighted by atomic mass is 32.1. The standard InChI is InChI=1S/C20H20N2O3S/c1-4-22-15-12-16(24-2)17(25-3)13-18(15)26-20(22)21-19(23)11-10-14-8-6-5-7-9-14/h5-13H,4H2,1-3H3. The molecule has 0 radical (unpaired) electrons. The molecule has 3 aromatic rings. The second kappa shape index (κ2) is 8.01. The van der Waals surface area contributed by atoms with Gasteiger partial charge in [-0.2, -0.15) is 4.99 Å². The summed E-state index contributed by atoms with van der Waals surface area (Å²) in [5.74, 6) is 1.02. The molecule has 0 bridgehead atoms. The van der Waals surface area contributed by atoms with Crippen LogP contribution >= 0.6 is 11.3 Å². The maximum absolute atomic E-state index is 12.3. The van der Waals surface area contributed by atoms with Crippen LogP contribution in [0.4, 0.5) is 0 Å². The molecule has 5 nitrogen and oxygen atoms in total. The number of hydrogen-bond donors (Lipinski definition) is 0. The lowest BCUT2D eigenvalue weighted by molar-refractivity contribution is -0.113. The van der Waals surface area contributed by atoms with Gasteiger partial charge < -0.3 is 14.0 Å². The first kappa shape index (κ1) is 17.9. The zero-order valence-corrected chi connectivity index (χ0v) is 15.7. The number of aromatic nitrogens is 1. The number of carbonyl (C=O) groups excluding carboxylic acids is 1. The van der Waals surface area contributed by atoms with Crippen molar-refractivity contribution in [1.29, 1.82) is 0 Å². The molecule has 0 aliphatic rings. The van der Waals surface area contributed by atoms with Crippen LogP contribution in [-0.4, -0.2) is 24.7 Å². The number of fused-ring (bicyclic) bond motifs is 1. The Morgan fingerprint density at radius 2 is 1.85 bits per heavy atom. The van der Waals surface area contributed by atoms with Crippen LogP contribution in [-0.2, 0) is 11.3 Å². The maximum Gasteiger partial charge on any atom is 0.272 e. The van der Waals surface area contributed by atoms with Gasteiger partial charge >= 0.3 is 0 Å². The van der Waals surface area contributed by atoms with E-state index in [2.05, 4.69) is 4.99 Å². The zero-order valence-electron chi connectivity index (χ0n) is 14.9. The van der Waals surface area contributed by atoms with Gasteiger partial charge in [-0.05, 0) is 18.6 Å². The van der Waals surface area contributed by atoms with Crippen molar-refractivity contribution in [3.8, 4) is 11.5 Å². The average molecular weight is 368 g/mol. The van der Waals surface area contributed by atoms with Gasteiger partial charge in [0.05, 0.1) is 24.4 Å². The molecule has 0 saturated heterocycles. The van der Waals surface area contributed by atoms with Gasteiger partial charge in [0.25, 0.3) is 5.91 Å². The molecule has 26 heavy (non-hydrogen) atoms. The molecule has 1 heterocycles. The molecule has 1 aromatic heterocycles. The Morgan fingerprint density at radius 3 is 2.50 bits per heavy atom. The van der Waals surface area contributed by atoms with Gasteiger partial charge in [-0.15, -0.1) is 0 Å². The lowest BCUT2D eigenvalue weighted by Gasteiger charge is -2.08. The fourth-order valence-electron chi connectivity index (χ4n) is 2.65. The number of benzene rings is 2. The molecular weight excluding hydrogens is 348 g/mol. The molecule has 0 aliphatic heterocycles. The molecule has 0 fully saturated rings. The van der Waals surface area contributed by atoms with Crippen molar-refractivity contribution < 1.29 is 14.3 Å². The molecule has 3 rings (SSSR count). The Morgan fingerprint density at radius 1 is 1.15 bits per heavy atom. The minimum Gasteiger partial charge on any atom is -0.493 e. The van der Waals surface area contributed by atoms with Gasteiger partial charge in [0, 0.05) is 24.8 Å². The second-order valence-corrected chi connectivity index (χ2v) is 6.51. The highest BCUT2D eigenvalue weighted by molar-refractivity contribution is 7.16. The maximum atomic E-state index is 12.3. The van der Waals surface area contributed by atoms with Gasteiger partial charge in [0.15, 0.2) is 16.3 Å². The van der Waals surface area contributed by atoms with Gasteiger partial charge in [-0.25, -0.2) is 0 Å². The number of nitrogens with zero attached hydrogens (tertiary/aromatic N) is 2. The van der Waals surface area contributed by atoms with Crippen molar-refractivity contribution in [3.05, 3.63) is 58.9 Å². The normalized spacial score (nSPS) is 12.0. The van der Waals surface area contributed by atoms with Crippen molar-refractivity contribution in [3.63, 3.8) is 0 Å². The first-order chi connectivity index (χ1) is 12.7. The Kier molecular flexibility index (Phi) is 5.53. The summed E-state index contributed by atoms with van der Waals surface area (Å²) in [6.07, 6.45) is 3.25. The number of rotatable bonds is 5. The average Bonchev–Trinajstić information content (AvgIpc) is 3.01. The molecule has 134 valence electrons. The summed E-state index contributed by atoms with van der Waals surface area (Å²) in [7, 11) is 3.21. The number of hydrogen-bond acceptors (Lipinski definition) is 4. The second-order valence-electron chi connectivity index (χ2n) is 5.50. The number of methoxy groups -OCH3 is 2. The zero-order chi connectivity index (χ0) is 18.5. The van der Waals surface area contributed by atoms with E-state index in [1.807, 2.05) is 54.0 Å².